The molecule has 4 aromatic rings. The minimum Gasteiger partial charge on any atom is -0.744 e. The molecule has 4 aromatic carbocycles. The summed E-state index contributed by atoms with van der Waals surface area (Å²) in [5.74, 6) is 1.68. The molecule has 0 fully saturated rings. The SMILES string of the molecule is CC(C)c1ccc([S+](c2ccc(C(C)C)cc2)c2ccc(C(C)C)cc2)cc1.O=S(=O)([O-])c1cccc(C(F)(F)F)c1. The van der Waals surface area contributed by atoms with Gasteiger partial charge >= 0.3 is 6.18 Å². The molecule has 3 nitrogen and oxygen atoms in total. The highest BCUT2D eigenvalue weighted by Crippen LogP contribution is 2.34. The number of halogens is 3. The first-order valence-electron chi connectivity index (χ1n) is 13.7. The molecular formula is C34H37F3O3S2. The Hall–Kier alpha value is -3.07. The van der Waals surface area contributed by atoms with Crippen LogP contribution in [0.3, 0.4) is 0 Å². The fraction of sp³-hybridized carbons (Fsp3) is 0.294. The van der Waals surface area contributed by atoms with Gasteiger partial charge in [0.05, 0.1) is 21.4 Å². The van der Waals surface area contributed by atoms with Crippen molar-refractivity contribution in [3.8, 4) is 0 Å². The Morgan fingerprint density at radius 2 is 0.929 bits per heavy atom. The van der Waals surface area contributed by atoms with E-state index in [0.717, 1.165) is 12.1 Å². The van der Waals surface area contributed by atoms with Gasteiger partial charge in [0.1, 0.15) is 10.1 Å². The molecule has 0 spiro atoms. The van der Waals surface area contributed by atoms with Gasteiger partial charge in [-0.05, 0) is 89.0 Å². The van der Waals surface area contributed by atoms with E-state index in [-0.39, 0.29) is 10.9 Å². The van der Waals surface area contributed by atoms with Crippen molar-refractivity contribution in [1.82, 2.24) is 0 Å². The van der Waals surface area contributed by atoms with Gasteiger partial charge in [-0.2, -0.15) is 13.2 Å². The van der Waals surface area contributed by atoms with Crippen molar-refractivity contribution in [2.24, 2.45) is 0 Å². The highest BCUT2D eigenvalue weighted by Gasteiger charge is 2.31. The Labute approximate surface area is 250 Å². The van der Waals surface area contributed by atoms with Crippen molar-refractivity contribution >= 4 is 21.0 Å². The Morgan fingerprint density at radius 1 is 0.595 bits per heavy atom. The fourth-order valence-corrected chi connectivity index (χ4v) is 6.76. The topological polar surface area (TPSA) is 57.2 Å². The Kier molecular flexibility index (Phi) is 11.1. The summed E-state index contributed by atoms with van der Waals surface area (Å²) in [4.78, 5) is 3.28. The Balaban J connectivity index is 0.000000291. The highest BCUT2D eigenvalue weighted by atomic mass is 32.2. The standard InChI is InChI=1S/C27H33S.C7H5F3O3S/c1-19(2)22-7-13-25(14-8-22)28(26-15-9-23(10-16-26)20(3)4)27-17-11-24(12-18-27)21(5)6;8-7(9,10)5-2-1-3-6(4-5)14(11,12)13/h7-21H,1-6H3;1-4H,(H,11,12,13)/q+1;/p-1. The molecule has 0 aliphatic rings. The third kappa shape index (κ3) is 8.96. The molecule has 0 bridgehead atoms. The number of hydrogen-bond donors (Lipinski definition) is 0. The van der Waals surface area contributed by atoms with Crippen LogP contribution in [0, 0.1) is 0 Å². The minimum atomic E-state index is -4.84. The highest BCUT2D eigenvalue weighted by molar-refractivity contribution is 7.97. The number of hydrogen-bond acceptors (Lipinski definition) is 3. The van der Waals surface area contributed by atoms with E-state index in [4.69, 9.17) is 0 Å². The maximum Gasteiger partial charge on any atom is 0.416 e. The van der Waals surface area contributed by atoms with Gasteiger partial charge in [-0.3, -0.25) is 0 Å². The molecule has 0 saturated carbocycles. The van der Waals surface area contributed by atoms with Crippen molar-refractivity contribution in [2.45, 2.75) is 85.1 Å². The van der Waals surface area contributed by atoms with Gasteiger partial charge in [-0.25, -0.2) is 8.42 Å². The summed E-state index contributed by atoms with van der Waals surface area (Å²) in [6, 6.07) is 30.4. The largest absolute Gasteiger partial charge is 0.744 e. The second-order valence-electron chi connectivity index (χ2n) is 11.0. The molecular weight excluding hydrogens is 577 g/mol. The molecule has 0 aliphatic heterocycles. The van der Waals surface area contributed by atoms with Crippen LogP contribution in [0.15, 0.2) is 117 Å². The minimum absolute atomic E-state index is 0.0791. The van der Waals surface area contributed by atoms with Crippen LogP contribution in [0.2, 0.25) is 0 Å². The lowest BCUT2D eigenvalue weighted by atomic mass is 10.0. The molecule has 0 unspecified atom stereocenters. The van der Waals surface area contributed by atoms with Gasteiger partial charge in [0, 0.05) is 0 Å². The molecule has 0 N–H and O–H groups in total. The first-order valence-corrected chi connectivity index (χ1v) is 16.4. The van der Waals surface area contributed by atoms with Gasteiger partial charge in [-0.1, -0.05) is 84.0 Å². The quantitative estimate of drug-likeness (QED) is 0.154. The number of alkyl halides is 3. The van der Waals surface area contributed by atoms with Gasteiger partial charge in [0.25, 0.3) is 0 Å². The maximum absolute atomic E-state index is 12.1. The van der Waals surface area contributed by atoms with Gasteiger partial charge in [-0.15, -0.1) is 0 Å². The van der Waals surface area contributed by atoms with Gasteiger partial charge < -0.3 is 4.55 Å². The van der Waals surface area contributed by atoms with E-state index in [9.17, 15) is 26.1 Å². The van der Waals surface area contributed by atoms with E-state index in [1.807, 2.05) is 0 Å². The van der Waals surface area contributed by atoms with Crippen molar-refractivity contribution in [3.05, 3.63) is 119 Å². The molecule has 0 atom stereocenters. The summed E-state index contributed by atoms with van der Waals surface area (Å²) in [7, 11) is -4.91. The summed E-state index contributed by atoms with van der Waals surface area (Å²) < 4.78 is 67.3. The Bertz CT molecular complexity index is 1420. The van der Waals surface area contributed by atoms with Crippen LogP contribution < -0.4 is 0 Å². The van der Waals surface area contributed by atoms with E-state index >= 15 is 0 Å². The third-order valence-electron chi connectivity index (χ3n) is 6.80. The van der Waals surface area contributed by atoms with Crippen molar-refractivity contribution in [1.29, 1.82) is 0 Å². The molecule has 224 valence electrons. The summed E-state index contributed by atoms with van der Waals surface area (Å²) >= 11 is 0. The molecule has 0 saturated heterocycles. The molecule has 0 amide bonds. The van der Waals surface area contributed by atoms with Crippen molar-refractivity contribution in [3.63, 3.8) is 0 Å². The smallest absolute Gasteiger partial charge is 0.416 e. The van der Waals surface area contributed by atoms with E-state index < -0.39 is 26.8 Å². The lowest BCUT2D eigenvalue weighted by molar-refractivity contribution is -0.137. The van der Waals surface area contributed by atoms with E-state index in [1.165, 1.54) is 31.4 Å². The van der Waals surface area contributed by atoms with Gasteiger partial charge in [0.2, 0.25) is 0 Å². The maximum atomic E-state index is 12.1. The molecule has 8 heteroatoms. The van der Waals surface area contributed by atoms with Crippen LogP contribution in [0.25, 0.3) is 0 Å². The third-order valence-corrected chi connectivity index (χ3v) is 9.86. The van der Waals surface area contributed by atoms with E-state index in [0.29, 0.717) is 29.9 Å². The zero-order chi connectivity index (χ0) is 31.2. The number of benzene rings is 4. The predicted molar refractivity (Wildman–Crippen MR) is 163 cm³/mol. The van der Waals surface area contributed by atoms with Crippen LogP contribution in [-0.2, 0) is 27.2 Å². The summed E-state index contributed by atoms with van der Waals surface area (Å²) in [5.41, 5.74) is 3.04. The normalized spacial score (nSPS) is 12.1. The molecule has 0 aliphatic carbocycles. The summed E-state index contributed by atoms with van der Waals surface area (Å²) in [6.45, 7) is 13.5. The average Bonchev–Trinajstić information content (AvgIpc) is 2.93. The summed E-state index contributed by atoms with van der Waals surface area (Å²) in [6.07, 6.45) is -4.65. The lowest BCUT2D eigenvalue weighted by Crippen LogP contribution is -2.07. The Morgan fingerprint density at radius 3 is 1.19 bits per heavy atom. The summed E-state index contributed by atoms with van der Waals surface area (Å²) in [5, 5.41) is 0. The van der Waals surface area contributed by atoms with Crippen LogP contribution in [0.5, 0.6) is 0 Å². The average molecular weight is 615 g/mol. The molecule has 42 heavy (non-hydrogen) atoms. The zero-order valence-corrected chi connectivity index (χ0v) is 26.3. The van der Waals surface area contributed by atoms with Crippen LogP contribution in [-0.4, -0.2) is 13.0 Å². The van der Waals surface area contributed by atoms with Crippen LogP contribution in [0.1, 0.15) is 81.5 Å². The molecule has 0 aromatic heterocycles. The molecule has 0 radical (unpaired) electrons. The first kappa shape index (κ1) is 33.4. The number of rotatable bonds is 7. The predicted octanol–water partition coefficient (Wildman–Crippen LogP) is 9.76. The van der Waals surface area contributed by atoms with Crippen LogP contribution in [0.4, 0.5) is 13.2 Å². The molecule has 0 heterocycles. The first-order chi connectivity index (χ1) is 19.6. The monoisotopic (exact) mass is 614 g/mol. The van der Waals surface area contributed by atoms with Crippen molar-refractivity contribution < 1.29 is 26.1 Å². The zero-order valence-electron chi connectivity index (χ0n) is 24.6. The second kappa shape index (κ2) is 13.9. The second-order valence-corrected chi connectivity index (χ2v) is 14.4. The van der Waals surface area contributed by atoms with Crippen LogP contribution >= 0.6 is 0 Å². The fourth-order valence-electron chi connectivity index (χ4n) is 4.20. The van der Waals surface area contributed by atoms with E-state index in [2.05, 4.69) is 114 Å². The van der Waals surface area contributed by atoms with Crippen molar-refractivity contribution in [2.75, 3.05) is 0 Å². The van der Waals surface area contributed by atoms with E-state index in [1.54, 1.807) is 0 Å². The lowest BCUT2D eigenvalue weighted by Gasteiger charge is -2.12. The molecule has 4 rings (SSSR count). The van der Waals surface area contributed by atoms with Gasteiger partial charge in [0.15, 0.2) is 14.7 Å².